The van der Waals surface area contributed by atoms with Gasteiger partial charge in [0.05, 0.1) is 17.1 Å². The van der Waals surface area contributed by atoms with Crippen molar-refractivity contribution >= 4 is 22.0 Å². The molecule has 1 N–H and O–H groups in total. The highest BCUT2D eigenvalue weighted by Gasteiger charge is 2.51. The summed E-state index contributed by atoms with van der Waals surface area (Å²) in [5, 5.41) is 9.61. The Morgan fingerprint density at radius 3 is 2.62 bits per heavy atom. The van der Waals surface area contributed by atoms with E-state index in [1.54, 1.807) is 13.0 Å². The number of aliphatic carboxylic acids is 1. The Morgan fingerprint density at radius 2 is 1.92 bits per heavy atom. The van der Waals surface area contributed by atoms with Gasteiger partial charge in [-0.1, -0.05) is 25.0 Å². The number of esters is 1. The molecule has 7 nitrogen and oxygen atoms in total. The van der Waals surface area contributed by atoms with Crippen molar-refractivity contribution in [2.75, 3.05) is 6.61 Å². The van der Waals surface area contributed by atoms with Gasteiger partial charge in [-0.3, -0.25) is 4.79 Å². The van der Waals surface area contributed by atoms with E-state index in [0.717, 1.165) is 23.6 Å². The van der Waals surface area contributed by atoms with Crippen LogP contribution in [0.4, 0.5) is 0 Å². The lowest BCUT2D eigenvalue weighted by atomic mass is 9.85. The quantitative estimate of drug-likeness (QED) is 0.785. The molecule has 3 atom stereocenters. The number of carbonyl (C=O) groups is 2. The van der Waals surface area contributed by atoms with Crippen LogP contribution in [0.2, 0.25) is 0 Å². The molecule has 1 heterocycles. The van der Waals surface area contributed by atoms with Crippen LogP contribution in [0.5, 0.6) is 0 Å². The Morgan fingerprint density at radius 1 is 1.23 bits per heavy atom. The van der Waals surface area contributed by atoms with E-state index in [0.29, 0.717) is 12.8 Å². The molecule has 1 saturated heterocycles. The fraction of sp³-hybridized carbons (Fsp3) is 0.556. The minimum atomic E-state index is -4.15. The molecule has 0 radical (unpaired) electrons. The van der Waals surface area contributed by atoms with Crippen LogP contribution in [-0.2, 0) is 19.6 Å². The minimum absolute atomic E-state index is 0.0504. The summed E-state index contributed by atoms with van der Waals surface area (Å²) in [7, 11) is -4.15. The topological polar surface area (TPSA) is 101 Å². The number of hydrogen-bond acceptors (Lipinski definition) is 5. The Bertz CT molecular complexity index is 806. The number of carboxylic acid groups (broad SMARTS) is 1. The van der Waals surface area contributed by atoms with Crippen molar-refractivity contribution in [2.24, 2.45) is 5.92 Å². The van der Waals surface area contributed by atoms with Crippen molar-refractivity contribution in [1.29, 1.82) is 0 Å². The molecule has 2 fully saturated rings. The van der Waals surface area contributed by atoms with Crippen LogP contribution in [0, 0.1) is 5.92 Å². The standard InChI is InChI=1S/C18H23NO6S/c1-2-25-18(22)13-8-4-6-10-16(13)26(23,24)19-14-9-5-3-7-12(14)11-15(19)17(20)21/h4,6,8,10,12,14-15H,2-3,5,7,9,11H2,1H3,(H,20,21). The Kier molecular flexibility index (Phi) is 5.34. The second-order valence-electron chi connectivity index (χ2n) is 6.75. The fourth-order valence-electron chi connectivity index (χ4n) is 4.16. The lowest BCUT2D eigenvalue weighted by Crippen LogP contribution is -2.46. The molecule has 1 saturated carbocycles. The van der Waals surface area contributed by atoms with E-state index in [-0.39, 0.29) is 29.0 Å². The van der Waals surface area contributed by atoms with Gasteiger partial charge in [-0.15, -0.1) is 0 Å². The first-order chi connectivity index (χ1) is 12.4. The Hall–Kier alpha value is -1.93. The average Bonchev–Trinajstić information content (AvgIpc) is 3.02. The molecule has 0 bridgehead atoms. The van der Waals surface area contributed by atoms with E-state index in [1.807, 2.05) is 0 Å². The predicted octanol–water partition coefficient (Wildman–Crippen LogP) is 2.27. The van der Waals surface area contributed by atoms with Crippen LogP contribution in [0.1, 0.15) is 49.4 Å². The third-order valence-corrected chi connectivity index (χ3v) is 7.24. The molecule has 26 heavy (non-hydrogen) atoms. The third-order valence-electron chi connectivity index (χ3n) is 5.25. The number of carboxylic acids is 1. The van der Waals surface area contributed by atoms with Crippen LogP contribution in [-0.4, -0.2) is 48.5 Å². The number of rotatable bonds is 5. The van der Waals surface area contributed by atoms with E-state index in [2.05, 4.69) is 0 Å². The van der Waals surface area contributed by atoms with Crippen LogP contribution < -0.4 is 0 Å². The summed E-state index contributed by atoms with van der Waals surface area (Å²) >= 11 is 0. The SMILES string of the molecule is CCOC(=O)c1ccccc1S(=O)(=O)N1C(C(=O)O)CC2CCCCC21. The number of fused-ring (bicyclic) bond motifs is 1. The summed E-state index contributed by atoms with van der Waals surface area (Å²) in [6.07, 6.45) is 3.66. The van der Waals surface area contributed by atoms with Gasteiger partial charge in [0.1, 0.15) is 6.04 Å². The summed E-state index contributed by atoms with van der Waals surface area (Å²) in [6, 6.07) is 4.41. The summed E-state index contributed by atoms with van der Waals surface area (Å²) in [5.41, 5.74) is -0.0576. The highest BCUT2D eigenvalue weighted by Crippen LogP contribution is 2.43. The van der Waals surface area contributed by atoms with Gasteiger partial charge in [-0.25, -0.2) is 13.2 Å². The first kappa shape index (κ1) is 18.8. The molecule has 3 rings (SSSR count). The zero-order valence-electron chi connectivity index (χ0n) is 14.6. The average molecular weight is 381 g/mol. The van der Waals surface area contributed by atoms with E-state index in [1.165, 1.54) is 18.2 Å². The molecular formula is C18H23NO6S. The van der Waals surface area contributed by atoms with Crippen molar-refractivity contribution < 1.29 is 27.9 Å². The zero-order valence-corrected chi connectivity index (χ0v) is 15.4. The van der Waals surface area contributed by atoms with Crippen LogP contribution in [0.3, 0.4) is 0 Å². The van der Waals surface area contributed by atoms with Gasteiger partial charge < -0.3 is 9.84 Å². The lowest BCUT2D eigenvalue weighted by Gasteiger charge is -2.32. The number of ether oxygens (including phenoxy) is 1. The van der Waals surface area contributed by atoms with Crippen LogP contribution >= 0.6 is 0 Å². The first-order valence-corrected chi connectivity index (χ1v) is 10.3. The predicted molar refractivity (Wildman–Crippen MR) is 93.2 cm³/mol. The first-order valence-electron chi connectivity index (χ1n) is 8.90. The minimum Gasteiger partial charge on any atom is -0.480 e. The number of carbonyl (C=O) groups excluding carboxylic acids is 1. The summed E-state index contributed by atoms with van der Waals surface area (Å²) in [5.74, 6) is -1.82. The van der Waals surface area contributed by atoms with Gasteiger partial charge in [-0.2, -0.15) is 4.31 Å². The van der Waals surface area contributed by atoms with Gasteiger partial charge >= 0.3 is 11.9 Å². The molecule has 0 spiro atoms. The third kappa shape index (κ3) is 3.23. The molecule has 3 unspecified atom stereocenters. The number of benzene rings is 1. The highest BCUT2D eigenvalue weighted by atomic mass is 32.2. The normalized spacial score (nSPS) is 26.3. The highest BCUT2D eigenvalue weighted by molar-refractivity contribution is 7.89. The Balaban J connectivity index is 2.06. The van der Waals surface area contributed by atoms with Crippen molar-refractivity contribution in [2.45, 2.75) is 56.0 Å². The number of sulfonamides is 1. The van der Waals surface area contributed by atoms with Crippen molar-refractivity contribution in [3.63, 3.8) is 0 Å². The van der Waals surface area contributed by atoms with Gasteiger partial charge in [-0.05, 0) is 44.2 Å². The van der Waals surface area contributed by atoms with Crippen molar-refractivity contribution in [3.05, 3.63) is 29.8 Å². The molecule has 0 amide bonds. The summed E-state index contributed by atoms with van der Waals surface area (Å²) in [4.78, 5) is 23.8. The maximum Gasteiger partial charge on any atom is 0.339 e. The number of nitrogens with zero attached hydrogens (tertiary/aromatic N) is 1. The van der Waals surface area contributed by atoms with E-state index in [9.17, 15) is 23.1 Å². The molecule has 1 aromatic rings. The molecule has 1 aromatic carbocycles. The van der Waals surface area contributed by atoms with E-state index >= 15 is 0 Å². The van der Waals surface area contributed by atoms with Crippen LogP contribution in [0.25, 0.3) is 0 Å². The molecule has 8 heteroatoms. The molecule has 0 aromatic heterocycles. The second kappa shape index (κ2) is 7.36. The smallest absolute Gasteiger partial charge is 0.339 e. The molecule has 2 aliphatic rings. The van der Waals surface area contributed by atoms with E-state index in [4.69, 9.17) is 4.74 Å². The molecule has 1 aliphatic carbocycles. The zero-order chi connectivity index (χ0) is 18.9. The largest absolute Gasteiger partial charge is 0.480 e. The maximum absolute atomic E-state index is 13.4. The Labute approximate surface area is 153 Å². The molecule has 142 valence electrons. The van der Waals surface area contributed by atoms with Gasteiger partial charge in [0.15, 0.2) is 0 Å². The lowest BCUT2D eigenvalue weighted by molar-refractivity contribution is -0.141. The van der Waals surface area contributed by atoms with Crippen molar-refractivity contribution in [3.8, 4) is 0 Å². The molecular weight excluding hydrogens is 358 g/mol. The summed E-state index contributed by atoms with van der Waals surface area (Å²) in [6.45, 7) is 1.77. The van der Waals surface area contributed by atoms with Crippen LogP contribution in [0.15, 0.2) is 29.2 Å². The van der Waals surface area contributed by atoms with Gasteiger partial charge in [0.2, 0.25) is 10.0 Å². The fourth-order valence-corrected chi connectivity index (χ4v) is 6.21. The summed E-state index contributed by atoms with van der Waals surface area (Å²) < 4.78 is 32.9. The molecule has 1 aliphatic heterocycles. The maximum atomic E-state index is 13.4. The van der Waals surface area contributed by atoms with Gasteiger partial charge in [0, 0.05) is 6.04 Å². The van der Waals surface area contributed by atoms with Gasteiger partial charge in [0.25, 0.3) is 0 Å². The second-order valence-corrected chi connectivity index (χ2v) is 8.56. The number of hydrogen-bond donors (Lipinski definition) is 1. The van der Waals surface area contributed by atoms with E-state index < -0.39 is 28.0 Å². The van der Waals surface area contributed by atoms with Crippen molar-refractivity contribution in [1.82, 2.24) is 4.31 Å². The monoisotopic (exact) mass is 381 g/mol.